The minimum Gasteiger partial charge on any atom is -0.497 e. The molecule has 0 atom stereocenters. The van der Waals surface area contributed by atoms with Crippen LogP contribution in [0.5, 0.6) is 11.5 Å². The summed E-state index contributed by atoms with van der Waals surface area (Å²) in [5, 5.41) is 2.24. The van der Waals surface area contributed by atoms with E-state index in [9.17, 15) is 9.36 Å². The third kappa shape index (κ3) is 6.78. The Morgan fingerprint density at radius 3 is 2.37 bits per heavy atom. The van der Waals surface area contributed by atoms with E-state index in [4.69, 9.17) is 19.4 Å². The van der Waals surface area contributed by atoms with Gasteiger partial charge in [0.15, 0.2) is 5.75 Å². The maximum Gasteiger partial charge on any atom is 0.369 e. The molecule has 0 spiro atoms. The molecule has 0 aliphatic rings. The molecule has 0 aromatic heterocycles. The molecule has 0 saturated carbocycles. The number of ether oxygens (including phenoxy) is 1. The lowest BCUT2D eigenvalue weighted by molar-refractivity contribution is -0.212. The average Bonchev–Trinajstić information content (AvgIpc) is 2.35. The first-order valence-electron chi connectivity index (χ1n) is 5.17. The van der Waals surface area contributed by atoms with Crippen molar-refractivity contribution >= 4 is 13.6 Å². The van der Waals surface area contributed by atoms with E-state index < -0.39 is 19.9 Å². The van der Waals surface area contributed by atoms with Gasteiger partial charge in [0.1, 0.15) is 5.75 Å². The van der Waals surface area contributed by atoms with Crippen molar-refractivity contribution in [3.05, 3.63) is 24.3 Å². The van der Waals surface area contributed by atoms with Gasteiger partial charge in [0, 0.05) is 0 Å². The van der Waals surface area contributed by atoms with Gasteiger partial charge in [0.2, 0.25) is 0 Å². The Morgan fingerprint density at radius 2 is 1.84 bits per heavy atom. The van der Waals surface area contributed by atoms with Crippen LogP contribution in [-0.4, -0.2) is 35.7 Å². The Morgan fingerprint density at radius 1 is 1.26 bits per heavy atom. The van der Waals surface area contributed by atoms with Crippen LogP contribution in [0, 0.1) is 0 Å². The molecule has 0 aliphatic carbocycles. The lowest BCUT2D eigenvalue weighted by atomic mass is 10.3. The van der Waals surface area contributed by atoms with Gasteiger partial charge in [-0.05, 0) is 24.3 Å². The Kier molecular flexibility index (Phi) is 5.78. The number of methoxy groups -OCH3 is 1. The van der Waals surface area contributed by atoms with Crippen LogP contribution in [0.2, 0.25) is 0 Å². The molecule has 1 aromatic carbocycles. The van der Waals surface area contributed by atoms with E-state index in [-0.39, 0.29) is 6.54 Å². The molecule has 0 amide bonds. The summed E-state index contributed by atoms with van der Waals surface area (Å²) < 4.78 is 15.4. The molecule has 0 saturated heterocycles. The molecule has 1 aromatic rings. The monoisotopic (exact) mass is 291 g/mol. The highest BCUT2D eigenvalue weighted by atomic mass is 31.2. The lowest BCUT2D eigenvalue weighted by Crippen LogP contribution is -2.26. The quantitative estimate of drug-likeness (QED) is 0.372. The van der Waals surface area contributed by atoms with Crippen molar-refractivity contribution in [2.75, 3.05) is 19.9 Å². The van der Waals surface area contributed by atoms with Crippen LogP contribution >= 0.6 is 7.60 Å². The molecular weight excluding hydrogens is 277 g/mol. The minimum atomic E-state index is -4.18. The molecule has 1 rings (SSSR count). The SMILES string of the molecule is COc1ccc(OOC(=O)CNCP(=O)(O)O)cc1. The molecule has 0 bridgehead atoms. The fraction of sp³-hybridized carbons (Fsp3) is 0.300. The fourth-order valence-electron chi connectivity index (χ4n) is 1.06. The van der Waals surface area contributed by atoms with Crippen molar-refractivity contribution in [2.24, 2.45) is 0 Å². The molecule has 0 radical (unpaired) electrons. The smallest absolute Gasteiger partial charge is 0.369 e. The van der Waals surface area contributed by atoms with Crippen molar-refractivity contribution in [2.45, 2.75) is 0 Å². The molecule has 9 heteroatoms. The molecular formula is C10H14NO7P. The summed E-state index contributed by atoms with van der Waals surface area (Å²) in [6, 6.07) is 6.31. The first-order chi connectivity index (χ1) is 8.90. The molecule has 0 aliphatic heterocycles. The van der Waals surface area contributed by atoms with Crippen LogP contribution in [0.1, 0.15) is 0 Å². The Hall–Kier alpha value is -1.60. The van der Waals surface area contributed by atoms with Crippen LogP contribution in [0.3, 0.4) is 0 Å². The third-order valence-corrected chi connectivity index (χ3v) is 2.51. The number of hydrogen-bond donors (Lipinski definition) is 3. The van der Waals surface area contributed by atoms with Gasteiger partial charge in [-0.15, -0.1) is 0 Å². The standard InChI is InChI=1S/C10H14NO7P/c1-16-8-2-4-9(5-3-8)17-18-10(12)6-11-7-19(13,14)15/h2-5,11H,6-7H2,1H3,(H2,13,14,15). The second-order valence-corrected chi connectivity index (χ2v) is 5.11. The van der Waals surface area contributed by atoms with Crippen molar-refractivity contribution < 1.29 is 33.7 Å². The van der Waals surface area contributed by atoms with E-state index in [2.05, 4.69) is 10.2 Å². The summed E-state index contributed by atoms with van der Waals surface area (Å²) >= 11 is 0. The average molecular weight is 291 g/mol. The van der Waals surface area contributed by atoms with Gasteiger partial charge >= 0.3 is 13.6 Å². The van der Waals surface area contributed by atoms with Gasteiger partial charge in [-0.3, -0.25) is 14.8 Å². The largest absolute Gasteiger partial charge is 0.497 e. The molecule has 8 nitrogen and oxygen atoms in total. The normalized spacial score (nSPS) is 10.9. The summed E-state index contributed by atoms with van der Waals surface area (Å²) in [4.78, 5) is 37.4. The van der Waals surface area contributed by atoms with E-state index >= 15 is 0 Å². The number of benzene rings is 1. The summed E-state index contributed by atoms with van der Waals surface area (Å²) in [7, 11) is -2.67. The van der Waals surface area contributed by atoms with E-state index in [0.29, 0.717) is 11.5 Å². The van der Waals surface area contributed by atoms with Gasteiger partial charge in [-0.1, -0.05) is 0 Å². The number of carbonyl (C=O) groups is 1. The van der Waals surface area contributed by atoms with Gasteiger partial charge < -0.3 is 14.5 Å². The zero-order valence-corrected chi connectivity index (χ0v) is 11.0. The van der Waals surface area contributed by atoms with Gasteiger partial charge in [-0.2, -0.15) is 0 Å². The van der Waals surface area contributed by atoms with E-state index in [1.165, 1.54) is 19.2 Å². The maximum absolute atomic E-state index is 11.1. The van der Waals surface area contributed by atoms with Crippen LogP contribution in [-0.2, 0) is 14.2 Å². The molecule has 0 unspecified atom stereocenters. The molecule has 0 fully saturated rings. The Balaban J connectivity index is 2.27. The zero-order valence-electron chi connectivity index (χ0n) is 10.1. The highest BCUT2D eigenvalue weighted by Gasteiger charge is 2.13. The second-order valence-electron chi connectivity index (χ2n) is 3.46. The number of carbonyl (C=O) groups excluding carboxylic acids is 1. The summed E-state index contributed by atoms with van der Waals surface area (Å²) in [6.07, 6.45) is -0.607. The first-order valence-corrected chi connectivity index (χ1v) is 6.97. The Bertz CT molecular complexity index is 455. The van der Waals surface area contributed by atoms with E-state index in [1.807, 2.05) is 0 Å². The van der Waals surface area contributed by atoms with Gasteiger partial charge in [0.25, 0.3) is 0 Å². The van der Waals surface area contributed by atoms with Crippen LogP contribution < -0.4 is 14.9 Å². The van der Waals surface area contributed by atoms with Gasteiger partial charge in [-0.25, -0.2) is 9.68 Å². The summed E-state index contributed by atoms with van der Waals surface area (Å²) in [6.45, 7) is -0.374. The summed E-state index contributed by atoms with van der Waals surface area (Å²) in [5.74, 6) is 0.121. The van der Waals surface area contributed by atoms with Crippen LogP contribution in [0.25, 0.3) is 0 Å². The fourth-order valence-corrected chi connectivity index (χ4v) is 1.46. The van der Waals surface area contributed by atoms with Crippen molar-refractivity contribution in [1.29, 1.82) is 0 Å². The van der Waals surface area contributed by atoms with Crippen molar-refractivity contribution in [3.63, 3.8) is 0 Å². The Labute approximate surface area is 109 Å². The number of rotatable bonds is 7. The highest BCUT2D eigenvalue weighted by Crippen LogP contribution is 2.31. The molecule has 3 N–H and O–H groups in total. The topological polar surface area (TPSA) is 114 Å². The van der Waals surface area contributed by atoms with Crippen LogP contribution in [0.15, 0.2) is 24.3 Å². The highest BCUT2D eigenvalue weighted by molar-refractivity contribution is 7.51. The first kappa shape index (κ1) is 15.5. The molecule has 0 heterocycles. The number of hydrogen-bond acceptors (Lipinski definition) is 6. The third-order valence-electron chi connectivity index (χ3n) is 1.88. The zero-order chi connectivity index (χ0) is 14.3. The molecule has 19 heavy (non-hydrogen) atoms. The lowest BCUT2D eigenvalue weighted by Gasteiger charge is -2.07. The number of nitrogens with one attached hydrogen (secondary N) is 1. The van der Waals surface area contributed by atoms with Gasteiger partial charge in [0.05, 0.1) is 19.9 Å². The van der Waals surface area contributed by atoms with Crippen LogP contribution in [0.4, 0.5) is 0 Å². The molecule has 106 valence electrons. The summed E-state index contributed by atoms with van der Waals surface area (Å²) in [5.41, 5.74) is 0. The second kappa shape index (κ2) is 7.10. The van der Waals surface area contributed by atoms with E-state index in [0.717, 1.165) is 0 Å². The van der Waals surface area contributed by atoms with E-state index in [1.54, 1.807) is 12.1 Å². The predicted octanol–water partition coefficient (Wildman–Crippen LogP) is 0.257. The maximum atomic E-state index is 11.1. The minimum absolute atomic E-state index is 0.295. The predicted molar refractivity (Wildman–Crippen MR) is 64.6 cm³/mol. The van der Waals surface area contributed by atoms with Crippen molar-refractivity contribution in [1.82, 2.24) is 5.32 Å². The van der Waals surface area contributed by atoms with Crippen molar-refractivity contribution in [3.8, 4) is 11.5 Å².